The average Bonchev–Trinajstić information content (AvgIpc) is 3.12. The topological polar surface area (TPSA) is 110 Å². The van der Waals surface area contributed by atoms with Crippen molar-refractivity contribution >= 4 is 40.9 Å². The number of rotatable bonds is 7. The molecule has 1 aliphatic rings. The maximum atomic E-state index is 14.0. The van der Waals surface area contributed by atoms with E-state index >= 15 is 0 Å². The molecule has 5 rings (SSSR count). The molecular weight excluding hydrogens is 544 g/mol. The van der Waals surface area contributed by atoms with Gasteiger partial charge in [-0.3, -0.25) is 9.59 Å². The van der Waals surface area contributed by atoms with Crippen LogP contribution in [0, 0.1) is 0 Å². The summed E-state index contributed by atoms with van der Waals surface area (Å²) in [5.41, 5.74) is 3.02. The Labute approximate surface area is 250 Å². The molecule has 1 heterocycles. The minimum atomic E-state index is -1.12. The summed E-state index contributed by atoms with van der Waals surface area (Å²) in [5, 5.41) is 12.2. The standard InChI is InChI=1S/C34H32N4O5/c1-23(2)38(27-16-7-4-8-17-27)31(40)22-36-29-19-10-9-18-28(29)32(24-12-5-3-6-13-24)37(21-30(36)39)34(43)35-26-15-11-14-25(20-26)33(41)42/h3-20,23,32H,21-22H2,1-2H3,(H,35,43)(H,41,42). The van der Waals surface area contributed by atoms with E-state index in [4.69, 9.17) is 0 Å². The molecule has 0 saturated heterocycles. The normalized spacial score (nSPS) is 14.6. The van der Waals surface area contributed by atoms with Crippen molar-refractivity contribution in [1.29, 1.82) is 0 Å². The summed E-state index contributed by atoms with van der Waals surface area (Å²) in [7, 11) is 0. The largest absolute Gasteiger partial charge is 0.478 e. The number of amides is 4. The third-order valence-electron chi connectivity index (χ3n) is 7.29. The van der Waals surface area contributed by atoms with Crippen LogP contribution >= 0.6 is 0 Å². The molecule has 43 heavy (non-hydrogen) atoms. The third kappa shape index (κ3) is 6.25. The summed E-state index contributed by atoms with van der Waals surface area (Å²) in [6.07, 6.45) is 0. The first-order chi connectivity index (χ1) is 20.7. The SMILES string of the molecule is CC(C)N(C(=O)CN1C(=O)CN(C(=O)Nc2cccc(C(=O)O)c2)C(c2ccccc2)c2ccccc21)c1ccccc1. The van der Waals surface area contributed by atoms with Crippen molar-refractivity contribution in [2.24, 2.45) is 0 Å². The van der Waals surface area contributed by atoms with Gasteiger partial charge in [-0.1, -0.05) is 72.8 Å². The Bertz CT molecular complexity index is 1640. The van der Waals surface area contributed by atoms with Crippen LogP contribution in [-0.2, 0) is 9.59 Å². The highest BCUT2D eigenvalue weighted by atomic mass is 16.4. The highest BCUT2D eigenvalue weighted by molar-refractivity contribution is 6.07. The molecule has 0 saturated carbocycles. The Morgan fingerprint density at radius 1 is 0.884 bits per heavy atom. The molecule has 0 fully saturated rings. The van der Waals surface area contributed by atoms with Crippen LogP contribution in [0.25, 0.3) is 0 Å². The number of anilines is 3. The van der Waals surface area contributed by atoms with Gasteiger partial charge < -0.3 is 25.1 Å². The quantitative estimate of drug-likeness (QED) is 0.289. The Hall–Kier alpha value is -5.44. The molecule has 0 bridgehead atoms. The van der Waals surface area contributed by atoms with E-state index in [1.165, 1.54) is 28.0 Å². The Morgan fingerprint density at radius 2 is 1.53 bits per heavy atom. The lowest BCUT2D eigenvalue weighted by Crippen LogP contribution is -2.48. The number of benzene rings is 4. The molecule has 0 aliphatic carbocycles. The van der Waals surface area contributed by atoms with Crippen molar-refractivity contribution in [1.82, 2.24) is 4.90 Å². The van der Waals surface area contributed by atoms with Crippen LogP contribution in [0.15, 0.2) is 109 Å². The van der Waals surface area contributed by atoms with E-state index in [0.717, 1.165) is 11.3 Å². The van der Waals surface area contributed by atoms with E-state index in [9.17, 15) is 24.3 Å². The molecule has 1 aliphatic heterocycles. The lowest BCUT2D eigenvalue weighted by atomic mass is 9.96. The number of carbonyl (C=O) groups is 4. The lowest BCUT2D eigenvalue weighted by molar-refractivity contribution is -0.123. The van der Waals surface area contributed by atoms with Crippen molar-refractivity contribution in [3.8, 4) is 0 Å². The van der Waals surface area contributed by atoms with Gasteiger partial charge in [-0.25, -0.2) is 9.59 Å². The number of para-hydroxylation sites is 2. The molecule has 0 spiro atoms. The van der Waals surface area contributed by atoms with Gasteiger partial charge in [0.25, 0.3) is 0 Å². The fourth-order valence-electron chi connectivity index (χ4n) is 5.40. The lowest BCUT2D eigenvalue weighted by Gasteiger charge is -2.30. The summed E-state index contributed by atoms with van der Waals surface area (Å²) in [6, 6.07) is 30.4. The maximum Gasteiger partial charge on any atom is 0.335 e. The van der Waals surface area contributed by atoms with Crippen LogP contribution in [0.4, 0.5) is 21.9 Å². The van der Waals surface area contributed by atoms with Crippen molar-refractivity contribution in [3.63, 3.8) is 0 Å². The maximum absolute atomic E-state index is 14.0. The molecule has 1 unspecified atom stereocenters. The second-order valence-corrected chi connectivity index (χ2v) is 10.5. The number of nitrogens with zero attached hydrogens (tertiary/aromatic N) is 3. The van der Waals surface area contributed by atoms with Gasteiger partial charge in [-0.2, -0.15) is 0 Å². The Balaban J connectivity index is 1.55. The zero-order valence-electron chi connectivity index (χ0n) is 23.9. The summed E-state index contributed by atoms with van der Waals surface area (Å²) < 4.78 is 0. The summed E-state index contributed by atoms with van der Waals surface area (Å²) in [4.78, 5) is 57.7. The van der Waals surface area contributed by atoms with Crippen LogP contribution in [0.1, 0.15) is 41.4 Å². The zero-order chi connectivity index (χ0) is 30.5. The van der Waals surface area contributed by atoms with E-state index in [0.29, 0.717) is 11.3 Å². The smallest absolute Gasteiger partial charge is 0.335 e. The minimum absolute atomic E-state index is 0.0208. The number of hydrogen-bond acceptors (Lipinski definition) is 4. The molecule has 4 aromatic carbocycles. The first kappa shape index (κ1) is 29.1. The minimum Gasteiger partial charge on any atom is -0.478 e. The molecule has 4 amide bonds. The monoisotopic (exact) mass is 576 g/mol. The van der Waals surface area contributed by atoms with E-state index in [-0.39, 0.29) is 36.3 Å². The zero-order valence-corrected chi connectivity index (χ0v) is 23.9. The second-order valence-electron chi connectivity index (χ2n) is 10.5. The highest BCUT2D eigenvalue weighted by Crippen LogP contribution is 2.38. The highest BCUT2D eigenvalue weighted by Gasteiger charge is 2.38. The number of nitrogens with one attached hydrogen (secondary N) is 1. The van der Waals surface area contributed by atoms with E-state index in [2.05, 4.69) is 5.32 Å². The number of aromatic carboxylic acids is 1. The van der Waals surface area contributed by atoms with Crippen LogP contribution in [0.5, 0.6) is 0 Å². The molecule has 2 N–H and O–H groups in total. The Morgan fingerprint density at radius 3 is 2.21 bits per heavy atom. The number of carboxylic acid groups (broad SMARTS) is 1. The number of carbonyl (C=O) groups excluding carboxylic acids is 3. The molecule has 0 aromatic heterocycles. The number of urea groups is 1. The first-order valence-electron chi connectivity index (χ1n) is 14.0. The number of carboxylic acids is 1. The van der Waals surface area contributed by atoms with Gasteiger partial charge in [-0.05, 0) is 55.8 Å². The van der Waals surface area contributed by atoms with E-state index in [1.807, 2.05) is 86.6 Å². The molecule has 1 atom stereocenters. The fourth-order valence-corrected chi connectivity index (χ4v) is 5.40. The van der Waals surface area contributed by atoms with Gasteiger partial charge in [0.15, 0.2) is 0 Å². The van der Waals surface area contributed by atoms with Gasteiger partial charge in [0, 0.05) is 28.7 Å². The van der Waals surface area contributed by atoms with Crippen LogP contribution < -0.4 is 15.1 Å². The van der Waals surface area contributed by atoms with E-state index in [1.54, 1.807) is 23.1 Å². The predicted molar refractivity (Wildman–Crippen MR) is 165 cm³/mol. The van der Waals surface area contributed by atoms with Gasteiger partial charge in [0.1, 0.15) is 13.1 Å². The first-order valence-corrected chi connectivity index (χ1v) is 14.0. The van der Waals surface area contributed by atoms with Crippen LogP contribution in [-0.4, -0.2) is 53.0 Å². The summed E-state index contributed by atoms with van der Waals surface area (Å²) in [6.45, 7) is 3.29. The van der Waals surface area contributed by atoms with E-state index < -0.39 is 23.9 Å². The molecule has 218 valence electrons. The van der Waals surface area contributed by atoms with Gasteiger partial charge >= 0.3 is 12.0 Å². The predicted octanol–water partition coefficient (Wildman–Crippen LogP) is 5.80. The molecule has 9 nitrogen and oxygen atoms in total. The van der Waals surface area contributed by atoms with Gasteiger partial charge in [-0.15, -0.1) is 0 Å². The van der Waals surface area contributed by atoms with Gasteiger partial charge in [0.05, 0.1) is 11.6 Å². The van der Waals surface area contributed by atoms with Crippen LogP contribution in [0.3, 0.4) is 0 Å². The van der Waals surface area contributed by atoms with Crippen molar-refractivity contribution in [3.05, 3.63) is 126 Å². The van der Waals surface area contributed by atoms with Gasteiger partial charge in [0.2, 0.25) is 11.8 Å². The molecule has 9 heteroatoms. The fraction of sp³-hybridized carbons (Fsp3) is 0.176. The Kier molecular flexibility index (Phi) is 8.52. The summed E-state index contributed by atoms with van der Waals surface area (Å²) >= 11 is 0. The van der Waals surface area contributed by atoms with Crippen molar-refractivity contribution in [2.75, 3.05) is 28.2 Å². The second kappa shape index (κ2) is 12.6. The van der Waals surface area contributed by atoms with Crippen molar-refractivity contribution < 1.29 is 24.3 Å². The number of fused-ring (bicyclic) bond motifs is 1. The molecular formula is C34H32N4O5. The van der Waals surface area contributed by atoms with Crippen molar-refractivity contribution in [2.45, 2.75) is 25.9 Å². The molecule has 4 aromatic rings. The number of hydrogen-bond donors (Lipinski definition) is 2. The average molecular weight is 577 g/mol. The third-order valence-corrected chi connectivity index (χ3v) is 7.29. The molecule has 0 radical (unpaired) electrons. The van der Waals surface area contributed by atoms with Crippen LogP contribution in [0.2, 0.25) is 0 Å². The summed E-state index contributed by atoms with van der Waals surface area (Å²) in [5.74, 6) is -1.81.